The van der Waals surface area contributed by atoms with E-state index in [0.717, 1.165) is 18.4 Å². The Kier molecular flexibility index (Phi) is 3.85. The fourth-order valence-corrected chi connectivity index (χ4v) is 2.51. The SMILES string of the molecule is CC(C(=O)O)N(C(=O)c1ccc(-c2ncn(C)n2)cc1)C1CC1. The zero-order chi connectivity index (χ0) is 16.6. The zero-order valence-electron chi connectivity index (χ0n) is 13.0. The van der Waals surface area contributed by atoms with Gasteiger partial charge in [0.15, 0.2) is 5.82 Å². The van der Waals surface area contributed by atoms with Crippen molar-refractivity contribution in [1.29, 1.82) is 0 Å². The van der Waals surface area contributed by atoms with Crippen molar-refractivity contribution in [3.8, 4) is 11.4 Å². The van der Waals surface area contributed by atoms with Gasteiger partial charge >= 0.3 is 5.97 Å². The van der Waals surface area contributed by atoms with E-state index in [0.29, 0.717) is 11.4 Å². The van der Waals surface area contributed by atoms with Crippen LogP contribution in [0.15, 0.2) is 30.6 Å². The topological polar surface area (TPSA) is 88.3 Å². The van der Waals surface area contributed by atoms with Gasteiger partial charge in [0.1, 0.15) is 12.4 Å². The zero-order valence-corrected chi connectivity index (χ0v) is 13.0. The van der Waals surface area contributed by atoms with Crippen molar-refractivity contribution >= 4 is 11.9 Å². The first kappa shape index (κ1) is 15.2. The molecular weight excluding hydrogens is 296 g/mol. The summed E-state index contributed by atoms with van der Waals surface area (Å²) in [4.78, 5) is 29.5. The lowest BCUT2D eigenvalue weighted by Crippen LogP contribution is -2.44. The predicted molar refractivity (Wildman–Crippen MR) is 82.7 cm³/mol. The van der Waals surface area contributed by atoms with Gasteiger partial charge < -0.3 is 10.0 Å². The van der Waals surface area contributed by atoms with E-state index in [1.54, 1.807) is 49.2 Å². The molecule has 1 fully saturated rings. The number of rotatable bonds is 5. The van der Waals surface area contributed by atoms with Crippen LogP contribution in [-0.4, -0.2) is 48.7 Å². The molecule has 2 aromatic rings. The van der Waals surface area contributed by atoms with Crippen molar-refractivity contribution in [3.63, 3.8) is 0 Å². The summed E-state index contributed by atoms with van der Waals surface area (Å²) in [6.45, 7) is 1.55. The van der Waals surface area contributed by atoms with E-state index in [9.17, 15) is 14.7 Å². The molecule has 1 aromatic heterocycles. The van der Waals surface area contributed by atoms with E-state index in [4.69, 9.17) is 0 Å². The van der Waals surface area contributed by atoms with Gasteiger partial charge in [0.05, 0.1) is 0 Å². The van der Waals surface area contributed by atoms with Crippen LogP contribution < -0.4 is 0 Å². The molecule has 3 rings (SSSR count). The number of hydrogen-bond donors (Lipinski definition) is 1. The Balaban J connectivity index is 1.83. The van der Waals surface area contributed by atoms with Crippen LogP contribution in [0.2, 0.25) is 0 Å². The summed E-state index contributed by atoms with van der Waals surface area (Å²) >= 11 is 0. The fourth-order valence-electron chi connectivity index (χ4n) is 2.51. The number of hydrogen-bond acceptors (Lipinski definition) is 4. The second-order valence-electron chi connectivity index (χ2n) is 5.78. The Bertz CT molecular complexity index is 734. The van der Waals surface area contributed by atoms with Gasteiger partial charge in [-0.3, -0.25) is 9.48 Å². The van der Waals surface area contributed by atoms with Crippen LogP contribution in [-0.2, 0) is 11.8 Å². The number of carbonyl (C=O) groups excluding carboxylic acids is 1. The van der Waals surface area contributed by atoms with Crippen molar-refractivity contribution in [2.24, 2.45) is 7.05 Å². The maximum absolute atomic E-state index is 12.7. The van der Waals surface area contributed by atoms with Gasteiger partial charge in [-0.1, -0.05) is 12.1 Å². The molecule has 0 aliphatic heterocycles. The molecule has 1 aliphatic rings. The van der Waals surface area contributed by atoms with Crippen molar-refractivity contribution in [3.05, 3.63) is 36.2 Å². The molecule has 7 heteroatoms. The van der Waals surface area contributed by atoms with Crippen molar-refractivity contribution in [2.45, 2.75) is 31.8 Å². The molecule has 1 heterocycles. The summed E-state index contributed by atoms with van der Waals surface area (Å²) in [6, 6.07) is 6.14. The van der Waals surface area contributed by atoms with Crippen LogP contribution in [0.4, 0.5) is 0 Å². The number of nitrogens with zero attached hydrogens (tertiary/aromatic N) is 4. The first-order valence-corrected chi connectivity index (χ1v) is 7.49. The molecule has 1 N–H and O–H groups in total. The average Bonchev–Trinajstić information content (AvgIpc) is 3.27. The summed E-state index contributed by atoms with van der Waals surface area (Å²) in [5.74, 6) is -0.646. The fraction of sp³-hybridized carbons (Fsp3) is 0.375. The van der Waals surface area contributed by atoms with Gasteiger partial charge in [-0.05, 0) is 31.9 Å². The molecule has 1 aromatic carbocycles. The number of carboxylic acids is 1. The standard InChI is InChI=1S/C16H18N4O3/c1-10(16(22)23)20(13-7-8-13)15(21)12-5-3-11(4-6-12)14-17-9-19(2)18-14/h3-6,9-10,13H,7-8H2,1-2H3,(H,22,23). The van der Waals surface area contributed by atoms with E-state index in [-0.39, 0.29) is 11.9 Å². The second-order valence-corrected chi connectivity index (χ2v) is 5.78. The Morgan fingerprint density at radius 1 is 1.30 bits per heavy atom. The lowest BCUT2D eigenvalue weighted by atomic mass is 10.1. The molecular formula is C16H18N4O3. The lowest BCUT2D eigenvalue weighted by Gasteiger charge is -2.26. The van der Waals surface area contributed by atoms with Crippen LogP contribution in [0.3, 0.4) is 0 Å². The molecule has 0 spiro atoms. The molecule has 0 saturated heterocycles. The molecule has 120 valence electrons. The number of amides is 1. The van der Waals surface area contributed by atoms with E-state index in [2.05, 4.69) is 10.1 Å². The molecule has 7 nitrogen and oxygen atoms in total. The highest BCUT2D eigenvalue weighted by atomic mass is 16.4. The molecule has 0 bridgehead atoms. The first-order chi connectivity index (χ1) is 11.0. The van der Waals surface area contributed by atoms with Gasteiger partial charge in [-0.2, -0.15) is 5.10 Å². The molecule has 0 radical (unpaired) electrons. The van der Waals surface area contributed by atoms with Crippen LogP contribution in [0.1, 0.15) is 30.1 Å². The average molecular weight is 314 g/mol. The van der Waals surface area contributed by atoms with Gasteiger partial charge in [0, 0.05) is 24.2 Å². The molecule has 1 aliphatic carbocycles. The Labute approximate surface area is 133 Å². The van der Waals surface area contributed by atoms with E-state index in [1.165, 1.54) is 4.90 Å². The Morgan fingerprint density at radius 2 is 1.96 bits per heavy atom. The number of carbonyl (C=O) groups is 2. The predicted octanol–water partition coefficient (Wildman–Crippen LogP) is 1.56. The molecule has 1 amide bonds. The minimum atomic E-state index is -0.987. The third-order valence-corrected chi connectivity index (χ3v) is 3.94. The first-order valence-electron chi connectivity index (χ1n) is 7.49. The lowest BCUT2D eigenvalue weighted by molar-refractivity contribution is -0.141. The Hall–Kier alpha value is -2.70. The highest BCUT2D eigenvalue weighted by Gasteiger charge is 2.38. The summed E-state index contributed by atoms with van der Waals surface area (Å²) in [6.07, 6.45) is 3.33. The summed E-state index contributed by atoms with van der Waals surface area (Å²) in [5.41, 5.74) is 1.29. The van der Waals surface area contributed by atoms with Crippen LogP contribution in [0.5, 0.6) is 0 Å². The minimum Gasteiger partial charge on any atom is -0.480 e. The molecule has 1 saturated carbocycles. The number of benzene rings is 1. The van der Waals surface area contributed by atoms with Gasteiger partial charge in [0.25, 0.3) is 5.91 Å². The monoisotopic (exact) mass is 314 g/mol. The third-order valence-electron chi connectivity index (χ3n) is 3.94. The number of carboxylic acid groups (broad SMARTS) is 1. The van der Waals surface area contributed by atoms with E-state index in [1.807, 2.05) is 0 Å². The number of aromatic nitrogens is 3. The molecule has 1 atom stereocenters. The smallest absolute Gasteiger partial charge is 0.326 e. The second kappa shape index (κ2) is 5.83. The summed E-state index contributed by atoms with van der Waals surface area (Å²) in [5, 5.41) is 13.4. The normalized spacial score (nSPS) is 15.2. The maximum Gasteiger partial charge on any atom is 0.326 e. The highest BCUT2D eigenvalue weighted by molar-refractivity contribution is 5.97. The molecule has 1 unspecified atom stereocenters. The van der Waals surface area contributed by atoms with Crippen LogP contribution >= 0.6 is 0 Å². The third kappa shape index (κ3) is 3.08. The maximum atomic E-state index is 12.7. The largest absolute Gasteiger partial charge is 0.480 e. The molecule has 23 heavy (non-hydrogen) atoms. The minimum absolute atomic E-state index is 0.0331. The quantitative estimate of drug-likeness (QED) is 0.905. The van der Waals surface area contributed by atoms with Crippen molar-refractivity contribution in [2.75, 3.05) is 0 Å². The van der Waals surface area contributed by atoms with Crippen LogP contribution in [0, 0.1) is 0 Å². The van der Waals surface area contributed by atoms with E-state index >= 15 is 0 Å². The number of aliphatic carboxylic acids is 1. The highest BCUT2D eigenvalue weighted by Crippen LogP contribution is 2.30. The summed E-state index contributed by atoms with van der Waals surface area (Å²) < 4.78 is 1.61. The van der Waals surface area contributed by atoms with Gasteiger partial charge in [-0.15, -0.1) is 0 Å². The summed E-state index contributed by atoms with van der Waals surface area (Å²) in [7, 11) is 1.79. The van der Waals surface area contributed by atoms with Crippen molar-refractivity contribution in [1.82, 2.24) is 19.7 Å². The van der Waals surface area contributed by atoms with Crippen LogP contribution in [0.25, 0.3) is 11.4 Å². The number of aryl methyl sites for hydroxylation is 1. The van der Waals surface area contributed by atoms with Gasteiger partial charge in [0.2, 0.25) is 0 Å². The van der Waals surface area contributed by atoms with E-state index < -0.39 is 12.0 Å². The van der Waals surface area contributed by atoms with Gasteiger partial charge in [-0.25, -0.2) is 9.78 Å². The van der Waals surface area contributed by atoms with Crippen molar-refractivity contribution < 1.29 is 14.7 Å². The Morgan fingerprint density at radius 3 is 2.43 bits per heavy atom.